The Hall–Kier alpha value is -0.460. The average molecular weight is 352 g/mol. The van der Waals surface area contributed by atoms with Crippen LogP contribution < -0.4 is 5.32 Å². The van der Waals surface area contributed by atoms with Crippen LogP contribution in [0.2, 0.25) is 0 Å². The molecule has 0 saturated carbocycles. The number of rotatable bonds is 6. The lowest BCUT2D eigenvalue weighted by atomic mass is 10.0. The predicted octanol–water partition coefficient (Wildman–Crippen LogP) is 2.54. The molecule has 0 spiro atoms. The van der Waals surface area contributed by atoms with Gasteiger partial charge in [-0.2, -0.15) is 0 Å². The van der Waals surface area contributed by atoms with Crippen molar-refractivity contribution in [2.45, 2.75) is 31.6 Å². The van der Waals surface area contributed by atoms with E-state index < -0.39 is 15.1 Å². The zero-order chi connectivity index (χ0) is 14.6. The molecule has 0 bridgehead atoms. The molecule has 1 aromatic carbocycles. The van der Waals surface area contributed by atoms with Gasteiger partial charge in [-0.05, 0) is 43.7 Å². The summed E-state index contributed by atoms with van der Waals surface area (Å²) in [4.78, 5) is 0. The van der Waals surface area contributed by atoms with Crippen LogP contribution >= 0.6 is 15.9 Å². The summed E-state index contributed by atoms with van der Waals surface area (Å²) >= 11 is 3.24. The molecule has 0 aliphatic heterocycles. The number of hydrogen-bond acceptors (Lipinski definition) is 3. The molecule has 2 unspecified atom stereocenters. The summed E-state index contributed by atoms with van der Waals surface area (Å²) in [6.45, 7) is 4.27. The topological polar surface area (TPSA) is 46.2 Å². The average Bonchev–Trinajstić information content (AvgIpc) is 2.24. The number of nitrogens with one attached hydrogen (secondary N) is 1. The highest BCUT2D eigenvalue weighted by atomic mass is 79.9. The first kappa shape index (κ1) is 16.6. The number of halogens is 2. The van der Waals surface area contributed by atoms with Crippen molar-refractivity contribution in [3.8, 4) is 0 Å². The van der Waals surface area contributed by atoms with Crippen molar-refractivity contribution in [3.05, 3.63) is 34.1 Å². The lowest BCUT2D eigenvalue weighted by Gasteiger charge is -2.23. The van der Waals surface area contributed by atoms with E-state index in [1.165, 1.54) is 18.4 Å². The Morgan fingerprint density at radius 3 is 2.47 bits per heavy atom. The van der Waals surface area contributed by atoms with E-state index in [1.807, 2.05) is 13.0 Å². The fraction of sp³-hybridized carbons (Fsp3) is 0.538. The van der Waals surface area contributed by atoms with Gasteiger partial charge in [-0.15, -0.1) is 0 Å². The lowest BCUT2D eigenvalue weighted by Crippen LogP contribution is -2.43. The molecule has 1 rings (SSSR count). The Bertz CT molecular complexity index is 513. The molecule has 3 nitrogen and oxygen atoms in total. The molecule has 2 atom stereocenters. The van der Waals surface area contributed by atoms with Gasteiger partial charge < -0.3 is 5.32 Å². The normalized spacial score (nSPS) is 15.2. The zero-order valence-corrected chi connectivity index (χ0v) is 13.7. The minimum atomic E-state index is -3.13. The molecular weight excluding hydrogens is 333 g/mol. The first-order valence-electron chi connectivity index (χ1n) is 6.11. The second-order valence-electron chi connectivity index (χ2n) is 4.68. The van der Waals surface area contributed by atoms with Gasteiger partial charge >= 0.3 is 0 Å². The molecule has 0 heterocycles. The summed E-state index contributed by atoms with van der Waals surface area (Å²) in [5.74, 6) is -0.327. The van der Waals surface area contributed by atoms with E-state index in [0.29, 0.717) is 17.4 Å². The van der Waals surface area contributed by atoms with Crippen molar-refractivity contribution in [1.82, 2.24) is 5.32 Å². The van der Waals surface area contributed by atoms with Crippen LogP contribution in [0.25, 0.3) is 0 Å². The van der Waals surface area contributed by atoms with Crippen LogP contribution in [0.15, 0.2) is 22.7 Å². The standard InChI is InChI=1S/C13H19BrFNO2S/c1-4-16-13(9(2)19(3,17)18)7-10-5-11(14)8-12(15)6-10/h5-6,8-9,13,16H,4,7H2,1-3H3. The Morgan fingerprint density at radius 2 is 2.00 bits per heavy atom. The van der Waals surface area contributed by atoms with Gasteiger partial charge in [0.05, 0.1) is 5.25 Å². The highest BCUT2D eigenvalue weighted by Crippen LogP contribution is 2.18. The van der Waals surface area contributed by atoms with Gasteiger partial charge in [-0.3, -0.25) is 0 Å². The van der Waals surface area contributed by atoms with E-state index in [0.717, 1.165) is 5.56 Å². The molecule has 19 heavy (non-hydrogen) atoms. The minimum Gasteiger partial charge on any atom is -0.313 e. The van der Waals surface area contributed by atoms with Gasteiger partial charge in [0.15, 0.2) is 9.84 Å². The van der Waals surface area contributed by atoms with Crippen molar-refractivity contribution >= 4 is 25.8 Å². The third kappa shape index (κ3) is 5.20. The van der Waals surface area contributed by atoms with Gasteiger partial charge in [-0.25, -0.2) is 12.8 Å². The number of hydrogen-bond donors (Lipinski definition) is 1. The molecule has 0 saturated heterocycles. The first-order valence-corrected chi connectivity index (χ1v) is 8.86. The van der Waals surface area contributed by atoms with Crippen molar-refractivity contribution in [2.75, 3.05) is 12.8 Å². The lowest BCUT2D eigenvalue weighted by molar-refractivity contribution is 0.492. The molecule has 0 fully saturated rings. The fourth-order valence-corrected chi connectivity index (χ4v) is 3.25. The van der Waals surface area contributed by atoms with Crippen LogP contribution in [-0.4, -0.2) is 32.5 Å². The van der Waals surface area contributed by atoms with Crippen LogP contribution in [0.1, 0.15) is 19.4 Å². The Labute approximate surface area is 122 Å². The molecule has 6 heteroatoms. The van der Waals surface area contributed by atoms with E-state index in [-0.39, 0.29) is 11.9 Å². The van der Waals surface area contributed by atoms with E-state index in [2.05, 4.69) is 21.2 Å². The van der Waals surface area contributed by atoms with Gasteiger partial charge in [0, 0.05) is 16.8 Å². The maximum absolute atomic E-state index is 13.3. The highest BCUT2D eigenvalue weighted by molar-refractivity contribution is 9.10. The van der Waals surface area contributed by atoms with Crippen LogP contribution in [0.5, 0.6) is 0 Å². The van der Waals surface area contributed by atoms with Gasteiger partial charge in [0.1, 0.15) is 5.82 Å². The van der Waals surface area contributed by atoms with E-state index >= 15 is 0 Å². The van der Waals surface area contributed by atoms with E-state index in [9.17, 15) is 12.8 Å². The minimum absolute atomic E-state index is 0.228. The third-order valence-electron chi connectivity index (χ3n) is 3.09. The maximum Gasteiger partial charge on any atom is 0.151 e. The monoisotopic (exact) mass is 351 g/mol. The molecule has 0 amide bonds. The quantitative estimate of drug-likeness (QED) is 0.856. The third-order valence-corrected chi connectivity index (χ3v) is 5.22. The molecule has 0 radical (unpaired) electrons. The summed E-state index contributed by atoms with van der Waals surface area (Å²) in [6, 6.07) is 4.40. The summed E-state index contributed by atoms with van der Waals surface area (Å²) in [6.07, 6.45) is 1.70. The molecule has 108 valence electrons. The Balaban J connectivity index is 2.95. The van der Waals surface area contributed by atoms with Crippen molar-refractivity contribution in [1.29, 1.82) is 0 Å². The fourth-order valence-electron chi connectivity index (χ4n) is 1.95. The molecule has 1 aromatic rings. The molecule has 0 aliphatic carbocycles. The number of likely N-dealkylation sites (N-methyl/N-ethyl adjacent to an activating group) is 1. The Morgan fingerprint density at radius 1 is 1.37 bits per heavy atom. The molecular formula is C13H19BrFNO2S. The number of sulfone groups is 1. The van der Waals surface area contributed by atoms with E-state index in [4.69, 9.17) is 0 Å². The van der Waals surface area contributed by atoms with E-state index in [1.54, 1.807) is 6.92 Å². The molecule has 0 aromatic heterocycles. The summed E-state index contributed by atoms with van der Waals surface area (Å²) in [5, 5.41) is 2.64. The summed E-state index contributed by atoms with van der Waals surface area (Å²) in [5.41, 5.74) is 0.772. The van der Waals surface area contributed by atoms with Gasteiger partial charge in [0.25, 0.3) is 0 Å². The summed E-state index contributed by atoms with van der Waals surface area (Å²) in [7, 11) is -3.13. The smallest absolute Gasteiger partial charge is 0.151 e. The van der Waals surface area contributed by atoms with Crippen LogP contribution in [0.4, 0.5) is 4.39 Å². The second-order valence-corrected chi connectivity index (χ2v) is 8.00. The first-order chi connectivity index (χ1) is 8.74. The Kier molecular flexibility index (Phi) is 5.95. The zero-order valence-electron chi connectivity index (χ0n) is 11.3. The molecule has 1 N–H and O–H groups in total. The van der Waals surface area contributed by atoms with Crippen molar-refractivity contribution in [2.24, 2.45) is 0 Å². The van der Waals surface area contributed by atoms with Gasteiger partial charge in [-0.1, -0.05) is 22.9 Å². The summed E-state index contributed by atoms with van der Waals surface area (Å²) < 4.78 is 37.3. The van der Waals surface area contributed by atoms with Gasteiger partial charge in [0.2, 0.25) is 0 Å². The van der Waals surface area contributed by atoms with Crippen LogP contribution in [-0.2, 0) is 16.3 Å². The predicted molar refractivity (Wildman–Crippen MR) is 79.6 cm³/mol. The molecule has 0 aliphatic rings. The van der Waals surface area contributed by atoms with Crippen LogP contribution in [0, 0.1) is 5.82 Å². The van der Waals surface area contributed by atoms with Crippen molar-refractivity contribution < 1.29 is 12.8 Å². The highest BCUT2D eigenvalue weighted by Gasteiger charge is 2.25. The van der Waals surface area contributed by atoms with Crippen LogP contribution in [0.3, 0.4) is 0 Å². The van der Waals surface area contributed by atoms with Crippen molar-refractivity contribution in [3.63, 3.8) is 0 Å². The number of benzene rings is 1. The maximum atomic E-state index is 13.3. The second kappa shape index (κ2) is 6.81. The largest absolute Gasteiger partial charge is 0.313 e. The SMILES string of the molecule is CCNC(Cc1cc(F)cc(Br)c1)C(C)S(C)(=O)=O.